The fourth-order valence-corrected chi connectivity index (χ4v) is 2.35. The largest absolute Gasteiger partial charge is 0.378 e. The maximum absolute atomic E-state index is 13.7. The van der Waals surface area contributed by atoms with E-state index in [4.69, 9.17) is 10.5 Å². The van der Waals surface area contributed by atoms with E-state index in [0.717, 1.165) is 6.07 Å². The van der Waals surface area contributed by atoms with Crippen LogP contribution in [0.2, 0.25) is 0 Å². The van der Waals surface area contributed by atoms with Crippen molar-refractivity contribution >= 4 is 15.7 Å². The van der Waals surface area contributed by atoms with Gasteiger partial charge in [0, 0.05) is 0 Å². The van der Waals surface area contributed by atoms with Crippen LogP contribution in [0.5, 0.6) is 0 Å². The van der Waals surface area contributed by atoms with Crippen LogP contribution in [0.4, 0.5) is 10.1 Å². The topological polar surface area (TPSA) is 81.4 Å². The van der Waals surface area contributed by atoms with Crippen LogP contribution in [0, 0.1) is 17.7 Å². The summed E-state index contributed by atoms with van der Waals surface area (Å²) in [5, 5.41) is 0. The molecule has 0 spiro atoms. The first-order valence-corrected chi connectivity index (χ1v) is 8.10. The zero-order valence-corrected chi connectivity index (χ0v) is 12.8. The van der Waals surface area contributed by atoms with Gasteiger partial charge >= 0.3 is 0 Å². The first kappa shape index (κ1) is 17.4. The molecule has 0 aliphatic carbocycles. The molecule has 0 aliphatic rings. The minimum absolute atomic E-state index is 0.0435. The Hall–Kier alpha value is -1.62. The summed E-state index contributed by atoms with van der Waals surface area (Å²) >= 11 is 0. The standard InChI is InChI=1S/C14H19FN2O3S/c1-11(2)20-8-9-21(18,19)17-13-6-5-12(4-3-7-16)14(15)10-13/h5-6,10-11,17H,7-9,16H2,1-2H3. The number of sulfonamides is 1. The van der Waals surface area contributed by atoms with Crippen molar-refractivity contribution in [3.05, 3.63) is 29.6 Å². The van der Waals surface area contributed by atoms with E-state index in [9.17, 15) is 12.8 Å². The van der Waals surface area contributed by atoms with Gasteiger partial charge in [-0.05, 0) is 32.0 Å². The maximum atomic E-state index is 13.7. The van der Waals surface area contributed by atoms with Gasteiger partial charge in [0.25, 0.3) is 0 Å². The first-order chi connectivity index (χ1) is 9.84. The highest BCUT2D eigenvalue weighted by molar-refractivity contribution is 7.92. The third-order valence-electron chi connectivity index (χ3n) is 2.37. The van der Waals surface area contributed by atoms with Crippen LogP contribution in [-0.4, -0.2) is 33.4 Å². The minimum atomic E-state index is -3.57. The quantitative estimate of drug-likeness (QED) is 0.776. The Kier molecular flexibility index (Phi) is 6.62. The Morgan fingerprint density at radius 1 is 1.43 bits per heavy atom. The normalized spacial score (nSPS) is 11.1. The van der Waals surface area contributed by atoms with Gasteiger partial charge in [0.15, 0.2) is 0 Å². The molecule has 0 aliphatic heterocycles. The van der Waals surface area contributed by atoms with Crippen LogP contribution in [0.15, 0.2) is 18.2 Å². The molecule has 21 heavy (non-hydrogen) atoms. The van der Waals surface area contributed by atoms with Crippen molar-refractivity contribution in [1.29, 1.82) is 0 Å². The molecule has 7 heteroatoms. The molecule has 0 atom stereocenters. The highest BCUT2D eigenvalue weighted by Gasteiger charge is 2.12. The summed E-state index contributed by atoms with van der Waals surface area (Å²) in [7, 11) is -3.57. The molecule has 5 nitrogen and oxygen atoms in total. The highest BCUT2D eigenvalue weighted by Crippen LogP contribution is 2.15. The summed E-state index contributed by atoms with van der Waals surface area (Å²) in [6, 6.07) is 3.94. The van der Waals surface area contributed by atoms with E-state index < -0.39 is 15.8 Å². The summed E-state index contributed by atoms with van der Waals surface area (Å²) < 4.78 is 44.8. The third kappa shape index (κ3) is 6.58. The van der Waals surface area contributed by atoms with Crippen molar-refractivity contribution in [2.24, 2.45) is 5.73 Å². The van der Waals surface area contributed by atoms with Gasteiger partial charge in [-0.3, -0.25) is 4.72 Å². The lowest BCUT2D eigenvalue weighted by atomic mass is 10.2. The molecule has 1 aromatic rings. The number of hydrogen-bond acceptors (Lipinski definition) is 4. The Balaban J connectivity index is 2.72. The molecule has 1 aromatic carbocycles. The molecular weight excluding hydrogens is 295 g/mol. The number of anilines is 1. The number of nitrogens with one attached hydrogen (secondary N) is 1. The SMILES string of the molecule is CC(C)OCCS(=O)(=O)Nc1ccc(C#CCN)c(F)c1. The summed E-state index contributed by atoms with van der Waals surface area (Å²) in [5.74, 6) is 4.30. The second-order valence-corrected chi connectivity index (χ2v) is 6.38. The second kappa shape index (κ2) is 7.98. The van der Waals surface area contributed by atoms with Gasteiger partial charge in [-0.2, -0.15) is 0 Å². The summed E-state index contributed by atoms with van der Waals surface area (Å²) in [6.45, 7) is 3.84. The lowest BCUT2D eigenvalue weighted by molar-refractivity contribution is 0.0913. The maximum Gasteiger partial charge on any atom is 0.235 e. The van der Waals surface area contributed by atoms with E-state index in [1.807, 2.05) is 13.8 Å². The fraction of sp³-hybridized carbons (Fsp3) is 0.429. The van der Waals surface area contributed by atoms with Crippen molar-refractivity contribution in [2.75, 3.05) is 23.6 Å². The van der Waals surface area contributed by atoms with Crippen LogP contribution in [0.3, 0.4) is 0 Å². The molecule has 116 valence electrons. The van der Waals surface area contributed by atoms with E-state index in [0.29, 0.717) is 0 Å². The third-order valence-corrected chi connectivity index (χ3v) is 3.62. The molecular formula is C14H19FN2O3S. The van der Waals surface area contributed by atoms with Crippen molar-refractivity contribution in [2.45, 2.75) is 20.0 Å². The lowest BCUT2D eigenvalue weighted by Crippen LogP contribution is -2.21. The zero-order chi connectivity index (χ0) is 15.9. The number of benzene rings is 1. The van der Waals surface area contributed by atoms with Crippen LogP contribution in [-0.2, 0) is 14.8 Å². The summed E-state index contributed by atoms with van der Waals surface area (Å²) in [4.78, 5) is 0. The van der Waals surface area contributed by atoms with Crippen LogP contribution < -0.4 is 10.5 Å². The van der Waals surface area contributed by atoms with Gasteiger partial charge in [0.05, 0.1) is 36.3 Å². The average Bonchev–Trinajstić information content (AvgIpc) is 2.36. The van der Waals surface area contributed by atoms with E-state index in [1.54, 1.807) is 0 Å². The zero-order valence-electron chi connectivity index (χ0n) is 12.0. The molecule has 0 unspecified atom stereocenters. The number of halogens is 1. The van der Waals surface area contributed by atoms with E-state index >= 15 is 0 Å². The molecule has 0 radical (unpaired) electrons. The molecule has 3 N–H and O–H groups in total. The lowest BCUT2D eigenvalue weighted by Gasteiger charge is -2.10. The van der Waals surface area contributed by atoms with E-state index in [2.05, 4.69) is 16.6 Å². The van der Waals surface area contributed by atoms with Crippen molar-refractivity contribution in [3.8, 4) is 11.8 Å². The Labute approximate surface area is 124 Å². The Morgan fingerprint density at radius 3 is 2.71 bits per heavy atom. The molecule has 0 saturated heterocycles. The fourth-order valence-electron chi connectivity index (χ4n) is 1.45. The van der Waals surface area contributed by atoms with E-state index in [1.165, 1.54) is 12.1 Å². The molecule has 0 aromatic heterocycles. The van der Waals surface area contributed by atoms with Gasteiger partial charge in [-0.15, -0.1) is 0 Å². The summed E-state index contributed by atoms with van der Waals surface area (Å²) in [6.07, 6.45) is -0.0435. The predicted octanol–water partition coefficient (Wildman–Crippen LogP) is 1.30. The van der Waals surface area contributed by atoms with Gasteiger partial charge in [0.2, 0.25) is 10.0 Å². The molecule has 0 saturated carbocycles. The van der Waals surface area contributed by atoms with Gasteiger partial charge in [-0.25, -0.2) is 12.8 Å². The highest BCUT2D eigenvalue weighted by atomic mass is 32.2. The Morgan fingerprint density at radius 2 is 2.14 bits per heavy atom. The smallest absolute Gasteiger partial charge is 0.235 e. The van der Waals surface area contributed by atoms with Crippen molar-refractivity contribution in [3.63, 3.8) is 0 Å². The molecule has 1 rings (SSSR count). The number of ether oxygens (including phenoxy) is 1. The number of hydrogen-bond donors (Lipinski definition) is 2. The van der Waals surface area contributed by atoms with Crippen molar-refractivity contribution < 1.29 is 17.5 Å². The first-order valence-electron chi connectivity index (χ1n) is 6.44. The molecule has 0 amide bonds. The second-order valence-electron chi connectivity index (χ2n) is 4.54. The average molecular weight is 314 g/mol. The van der Waals surface area contributed by atoms with Crippen LogP contribution in [0.1, 0.15) is 19.4 Å². The summed E-state index contributed by atoms with van der Waals surface area (Å²) in [5.41, 5.74) is 5.53. The predicted molar refractivity (Wildman–Crippen MR) is 80.8 cm³/mol. The van der Waals surface area contributed by atoms with Crippen LogP contribution >= 0.6 is 0 Å². The minimum Gasteiger partial charge on any atom is -0.378 e. The Bertz CT molecular complexity index is 633. The van der Waals surface area contributed by atoms with Gasteiger partial charge in [-0.1, -0.05) is 11.8 Å². The number of nitrogens with two attached hydrogens (primary N) is 1. The van der Waals surface area contributed by atoms with Crippen LogP contribution in [0.25, 0.3) is 0 Å². The van der Waals surface area contributed by atoms with E-state index in [-0.39, 0.29) is 36.3 Å². The molecule has 0 bridgehead atoms. The van der Waals surface area contributed by atoms with Crippen molar-refractivity contribution in [1.82, 2.24) is 0 Å². The van der Waals surface area contributed by atoms with Gasteiger partial charge < -0.3 is 10.5 Å². The van der Waals surface area contributed by atoms with Gasteiger partial charge in [0.1, 0.15) is 5.82 Å². The molecule has 0 heterocycles. The monoisotopic (exact) mass is 314 g/mol. The molecule has 0 fully saturated rings. The number of rotatable bonds is 6.